The summed E-state index contributed by atoms with van der Waals surface area (Å²) in [5.74, 6) is -1.09. The zero-order chi connectivity index (χ0) is 14.4. The van der Waals surface area contributed by atoms with Crippen LogP contribution in [0.5, 0.6) is 0 Å². The van der Waals surface area contributed by atoms with Crippen LogP contribution in [0.3, 0.4) is 0 Å². The molecule has 0 bridgehead atoms. The van der Waals surface area contributed by atoms with Crippen LogP contribution in [0.15, 0.2) is 0 Å². The van der Waals surface area contributed by atoms with Crippen LogP contribution in [-0.4, -0.2) is 42.1 Å². The van der Waals surface area contributed by atoms with Crippen molar-refractivity contribution in [3.8, 4) is 0 Å². The first kappa shape index (κ1) is 15.3. The summed E-state index contributed by atoms with van der Waals surface area (Å²) in [5.41, 5.74) is 0. The molecule has 7 nitrogen and oxygen atoms in total. The van der Waals surface area contributed by atoms with Crippen LogP contribution >= 0.6 is 0 Å². The Labute approximate surface area is 112 Å². The molecule has 0 saturated heterocycles. The SMILES string of the molecule is CC(C)[C@H](NC(=O)NCCNC(=O)C1CC1)C(=O)O. The van der Waals surface area contributed by atoms with Crippen molar-refractivity contribution < 1.29 is 19.5 Å². The minimum absolute atomic E-state index is 0.0211. The van der Waals surface area contributed by atoms with E-state index in [9.17, 15) is 14.4 Å². The van der Waals surface area contributed by atoms with Gasteiger partial charge in [-0.05, 0) is 18.8 Å². The Morgan fingerprint density at radius 2 is 1.74 bits per heavy atom. The fourth-order valence-electron chi connectivity index (χ4n) is 1.56. The molecule has 7 heteroatoms. The van der Waals surface area contributed by atoms with Gasteiger partial charge < -0.3 is 21.1 Å². The normalized spacial score (nSPS) is 15.7. The van der Waals surface area contributed by atoms with E-state index in [-0.39, 0.29) is 24.3 Å². The summed E-state index contributed by atoms with van der Waals surface area (Å²) in [6, 6.07) is -1.46. The number of carboxylic acids is 1. The fourth-order valence-corrected chi connectivity index (χ4v) is 1.56. The average Bonchev–Trinajstić information content (AvgIpc) is 3.14. The lowest BCUT2D eigenvalue weighted by Crippen LogP contribution is -2.49. The van der Waals surface area contributed by atoms with Crippen LogP contribution in [0.1, 0.15) is 26.7 Å². The lowest BCUT2D eigenvalue weighted by molar-refractivity contribution is -0.140. The Morgan fingerprint density at radius 3 is 2.21 bits per heavy atom. The van der Waals surface area contributed by atoms with E-state index >= 15 is 0 Å². The molecule has 0 aliphatic heterocycles. The van der Waals surface area contributed by atoms with Crippen LogP contribution in [0.4, 0.5) is 4.79 Å². The largest absolute Gasteiger partial charge is 0.480 e. The molecule has 4 N–H and O–H groups in total. The number of hydrogen-bond donors (Lipinski definition) is 4. The van der Waals surface area contributed by atoms with Gasteiger partial charge in [-0.25, -0.2) is 9.59 Å². The number of rotatable bonds is 7. The number of carbonyl (C=O) groups excluding carboxylic acids is 2. The third-order valence-electron chi connectivity index (χ3n) is 2.88. The van der Waals surface area contributed by atoms with Crippen molar-refractivity contribution in [3.05, 3.63) is 0 Å². The maximum atomic E-state index is 11.5. The molecule has 0 aromatic rings. The molecule has 19 heavy (non-hydrogen) atoms. The zero-order valence-electron chi connectivity index (χ0n) is 11.2. The van der Waals surface area contributed by atoms with Gasteiger partial charge in [-0.15, -0.1) is 0 Å². The predicted molar refractivity (Wildman–Crippen MR) is 68.5 cm³/mol. The van der Waals surface area contributed by atoms with Gasteiger partial charge in [0.1, 0.15) is 6.04 Å². The molecule has 1 aliphatic carbocycles. The van der Waals surface area contributed by atoms with E-state index in [0.717, 1.165) is 12.8 Å². The van der Waals surface area contributed by atoms with Crippen LogP contribution in [0.25, 0.3) is 0 Å². The van der Waals surface area contributed by atoms with Crippen LogP contribution in [-0.2, 0) is 9.59 Å². The van der Waals surface area contributed by atoms with E-state index in [0.29, 0.717) is 6.54 Å². The van der Waals surface area contributed by atoms with Crippen molar-refractivity contribution in [2.24, 2.45) is 11.8 Å². The smallest absolute Gasteiger partial charge is 0.326 e. The first-order chi connectivity index (χ1) is 8.91. The molecule has 1 saturated carbocycles. The molecular formula is C12H21N3O4. The highest BCUT2D eigenvalue weighted by Gasteiger charge is 2.29. The van der Waals surface area contributed by atoms with Gasteiger partial charge in [0.25, 0.3) is 0 Å². The Morgan fingerprint density at radius 1 is 1.16 bits per heavy atom. The number of nitrogens with one attached hydrogen (secondary N) is 3. The molecule has 108 valence electrons. The third kappa shape index (κ3) is 5.58. The van der Waals surface area contributed by atoms with E-state index in [1.165, 1.54) is 0 Å². The van der Waals surface area contributed by atoms with Crippen LogP contribution < -0.4 is 16.0 Å². The molecule has 0 aromatic carbocycles. The molecule has 0 heterocycles. The minimum atomic E-state index is -1.06. The van der Waals surface area contributed by atoms with Crippen molar-refractivity contribution in [1.82, 2.24) is 16.0 Å². The van der Waals surface area contributed by atoms with Crippen molar-refractivity contribution in [2.75, 3.05) is 13.1 Å². The first-order valence-electron chi connectivity index (χ1n) is 6.46. The maximum absolute atomic E-state index is 11.5. The summed E-state index contributed by atoms with van der Waals surface area (Å²) in [7, 11) is 0. The van der Waals surface area contributed by atoms with Gasteiger partial charge in [-0.1, -0.05) is 13.8 Å². The summed E-state index contributed by atoms with van der Waals surface area (Å²) in [5, 5.41) is 16.5. The Bertz CT molecular complexity index is 353. The lowest BCUT2D eigenvalue weighted by Gasteiger charge is -2.18. The Hall–Kier alpha value is -1.79. The number of amides is 3. The second kappa shape index (κ2) is 6.96. The summed E-state index contributed by atoms with van der Waals surface area (Å²) >= 11 is 0. The van der Waals surface area contributed by atoms with Gasteiger partial charge in [0.15, 0.2) is 0 Å². The lowest BCUT2D eigenvalue weighted by atomic mass is 10.1. The van der Waals surface area contributed by atoms with Crippen molar-refractivity contribution in [2.45, 2.75) is 32.7 Å². The highest BCUT2D eigenvalue weighted by Crippen LogP contribution is 2.28. The first-order valence-corrected chi connectivity index (χ1v) is 6.46. The number of carboxylic acid groups (broad SMARTS) is 1. The predicted octanol–water partition coefficient (Wildman–Crippen LogP) is -0.0790. The van der Waals surface area contributed by atoms with Crippen molar-refractivity contribution in [1.29, 1.82) is 0 Å². The minimum Gasteiger partial charge on any atom is -0.480 e. The van der Waals surface area contributed by atoms with E-state index in [1.54, 1.807) is 13.8 Å². The standard InChI is InChI=1S/C12H21N3O4/c1-7(2)9(11(17)18)15-12(19)14-6-5-13-10(16)8-3-4-8/h7-9H,3-6H2,1-2H3,(H,13,16)(H,17,18)(H2,14,15,19)/t9-/m0/s1. The number of hydrogen-bond acceptors (Lipinski definition) is 3. The molecule has 1 fully saturated rings. The highest BCUT2D eigenvalue weighted by molar-refractivity contribution is 5.83. The van der Waals surface area contributed by atoms with E-state index in [4.69, 9.17) is 5.11 Å². The summed E-state index contributed by atoms with van der Waals surface area (Å²) in [6.45, 7) is 4.06. The van der Waals surface area contributed by atoms with E-state index in [2.05, 4.69) is 16.0 Å². The second-order valence-corrected chi connectivity index (χ2v) is 5.03. The second-order valence-electron chi connectivity index (χ2n) is 5.03. The van der Waals surface area contributed by atoms with Gasteiger partial charge in [0.2, 0.25) is 5.91 Å². The number of urea groups is 1. The summed E-state index contributed by atoms with van der Waals surface area (Å²) < 4.78 is 0. The molecule has 0 spiro atoms. The molecule has 1 aliphatic rings. The number of aliphatic carboxylic acids is 1. The van der Waals surface area contributed by atoms with Gasteiger partial charge >= 0.3 is 12.0 Å². The fraction of sp³-hybridized carbons (Fsp3) is 0.750. The topological polar surface area (TPSA) is 108 Å². The van der Waals surface area contributed by atoms with Crippen LogP contribution in [0, 0.1) is 11.8 Å². The Balaban J connectivity index is 2.15. The Kier molecular flexibility index (Phi) is 5.59. The average molecular weight is 271 g/mol. The van der Waals surface area contributed by atoms with E-state index < -0.39 is 18.0 Å². The molecule has 1 atom stereocenters. The molecule has 1 rings (SSSR count). The quantitative estimate of drug-likeness (QED) is 0.486. The van der Waals surface area contributed by atoms with Gasteiger partial charge in [-0.2, -0.15) is 0 Å². The number of carbonyl (C=O) groups is 3. The van der Waals surface area contributed by atoms with Gasteiger partial charge in [0, 0.05) is 19.0 Å². The van der Waals surface area contributed by atoms with Gasteiger partial charge in [0.05, 0.1) is 0 Å². The van der Waals surface area contributed by atoms with Gasteiger partial charge in [-0.3, -0.25) is 4.79 Å². The molecule has 0 unspecified atom stereocenters. The van der Waals surface area contributed by atoms with Crippen LogP contribution in [0.2, 0.25) is 0 Å². The molecule has 0 radical (unpaired) electrons. The summed E-state index contributed by atoms with van der Waals surface area (Å²) in [4.78, 5) is 33.6. The zero-order valence-corrected chi connectivity index (χ0v) is 11.2. The van der Waals surface area contributed by atoms with E-state index in [1.807, 2.05) is 0 Å². The monoisotopic (exact) mass is 271 g/mol. The maximum Gasteiger partial charge on any atom is 0.326 e. The summed E-state index contributed by atoms with van der Waals surface area (Å²) in [6.07, 6.45) is 1.88. The molecule has 0 aromatic heterocycles. The third-order valence-corrected chi connectivity index (χ3v) is 2.88. The molecule has 3 amide bonds. The van der Waals surface area contributed by atoms with Crippen molar-refractivity contribution in [3.63, 3.8) is 0 Å². The van der Waals surface area contributed by atoms with Crippen molar-refractivity contribution >= 4 is 17.9 Å². The molecular weight excluding hydrogens is 250 g/mol. The highest BCUT2D eigenvalue weighted by atomic mass is 16.4.